The Morgan fingerprint density at radius 1 is 1.36 bits per heavy atom. The average Bonchev–Trinajstić information content (AvgIpc) is 2.94. The predicted octanol–water partition coefficient (Wildman–Crippen LogP) is 3.94. The van der Waals surface area contributed by atoms with E-state index in [1.165, 1.54) is 6.26 Å². The van der Waals surface area contributed by atoms with E-state index in [0.29, 0.717) is 16.3 Å². The van der Waals surface area contributed by atoms with Gasteiger partial charge < -0.3 is 15.5 Å². The molecule has 0 bridgehead atoms. The molecular formula is C16H20Cl2N2O2. The molecule has 0 spiro atoms. The lowest BCUT2D eigenvalue weighted by atomic mass is 9.95. The number of rotatable bonds is 5. The largest absolute Gasteiger partial charge is 0.467 e. The summed E-state index contributed by atoms with van der Waals surface area (Å²) < 4.78 is 5.19. The minimum absolute atomic E-state index is 0. The Bertz CT molecular complexity index is 626. The topological polar surface area (TPSA) is 68.3 Å². The van der Waals surface area contributed by atoms with Gasteiger partial charge in [0.2, 0.25) is 0 Å². The molecule has 1 aromatic carbocycles. The highest BCUT2D eigenvalue weighted by Crippen LogP contribution is 2.28. The van der Waals surface area contributed by atoms with Crippen molar-refractivity contribution in [3.05, 3.63) is 58.5 Å². The average molecular weight is 343 g/mol. The molecule has 0 aliphatic carbocycles. The van der Waals surface area contributed by atoms with Crippen LogP contribution in [-0.4, -0.2) is 5.91 Å². The molecule has 2 aromatic rings. The molecule has 1 unspecified atom stereocenters. The number of furan rings is 1. The molecule has 0 fully saturated rings. The SMILES string of the molecule is CC(C)C(NC(=O)c1coc(CN)c1)c1ccccc1Cl.Cl. The van der Waals surface area contributed by atoms with E-state index in [9.17, 15) is 4.79 Å². The van der Waals surface area contributed by atoms with Crippen LogP contribution in [0.15, 0.2) is 41.0 Å². The second-order valence-electron chi connectivity index (χ2n) is 5.22. The van der Waals surface area contributed by atoms with Gasteiger partial charge in [-0.25, -0.2) is 0 Å². The molecule has 0 aliphatic heterocycles. The summed E-state index contributed by atoms with van der Waals surface area (Å²) in [7, 11) is 0. The third-order valence-corrected chi connectivity index (χ3v) is 3.65. The Morgan fingerprint density at radius 2 is 2.05 bits per heavy atom. The Balaban J connectivity index is 0.00000242. The summed E-state index contributed by atoms with van der Waals surface area (Å²) in [5.41, 5.74) is 6.85. The summed E-state index contributed by atoms with van der Waals surface area (Å²) in [4.78, 5) is 12.3. The second kappa shape index (κ2) is 8.22. The number of benzene rings is 1. The maximum atomic E-state index is 12.3. The zero-order chi connectivity index (χ0) is 15.4. The Morgan fingerprint density at radius 3 is 2.59 bits per heavy atom. The van der Waals surface area contributed by atoms with Crippen LogP contribution in [0.5, 0.6) is 0 Å². The number of carbonyl (C=O) groups excluding carboxylic acids is 1. The number of carbonyl (C=O) groups is 1. The van der Waals surface area contributed by atoms with Crippen LogP contribution in [-0.2, 0) is 6.54 Å². The normalized spacial score (nSPS) is 11.9. The molecule has 22 heavy (non-hydrogen) atoms. The molecule has 6 heteroatoms. The van der Waals surface area contributed by atoms with Gasteiger partial charge in [0, 0.05) is 5.02 Å². The highest BCUT2D eigenvalue weighted by Gasteiger charge is 2.22. The first-order valence-electron chi connectivity index (χ1n) is 6.85. The molecule has 2 rings (SSSR count). The van der Waals surface area contributed by atoms with Crippen LogP contribution in [0.25, 0.3) is 0 Å². The van der Waals surface area contributed by atoms with Crippen molar-refractivity contribution in [2.24, 2.45) is 11.7 Å². The summed E-state index contributed by atoms with van der Waals surface area (Å²) in [6.07, 6.45) is 1.42. The van der Waals surface area contributed by atoms with Crippen molar-refractivity contribution < 1.29 is 9.21 Å². The van der Waals surface area contributed by atoms with Crippen LogP contribution in [0.3, 0.4) is 0 Å². The van der Waals surface area contributed by atoms with Crippen LogP contribution in [0.4, 0.5) is 0 Å². The molecule has 0 radical (unpaired) electrons. The van der Waals surface area contributed by atoms with Crippen LogP contribution >= 0.6 is 24.0 Å². The molecule has 4 nitrogen and oxygen atoms in total. The number of nitrogens with one attached hydrogen (secondary N) is 1. The zero-order valence-corrected chi connectivity index (χ0v) is 14.1. The quantitative estimate of drug-likeness (QED) is 0.864. The summed E-state index contributed by atoms with van der Waals surface area (Å²) >= 11 is 6.23. The van der Waals surface area contributed by atoms with Gasteiger partial charge >= 0.3 is 0 Å². The molecule has 0 aliphatic rings. The first-order valence-corrected chi connectivity index (χ1v) is 7.23. The summed E-state index contributed by atoms with van der Waals surface area (Å²) in [6.45, 7) is 4.34. The van der Waals surface area contributed by atoms with Crippen LogP contribution in [0.2, 0.25) is 5.02 Å². The fourth-order valence-electron chi connectivity index (χ4n) is 2.16. The van der Waals surface area contributed by atoms with Crippen molar-refractivity contribution in [3.63, 3.8) is 0 Å². The van der Waals surface area contributed by atoms with E-state index in [0.717, 1.165) is 5.56 Å². The lowest BCUT2D eigenvalue weighted by Crippen LogP contribution is -2.31. The van der Waals surface area contributed by atoms with Gasteiger partial charge in [0.1, 0.15) is 12.0 Å². The number of hydrogen-bond donors (Lipinski definition) is 2. The first kappa shape index (κ1) is 18.6. The van der Waals surface area contributed by atoms with E-state index >= 15 is 0 Å². The number of hydrogen-bond acceptors (Lipinski definition) is 3. The third-order valence-electron chi connectivity index (χ3n) is 3.31. The van der Waals surface area contributed by atoms with Crippen molar-refractivity contribution in [1.29, 1.82) is 0 Å². The smallest absolute Gasteiger partial charge is 0.255 e. The van der Waals surface area contributed by atoms with E-state index in [4.69, 9.17) is 21.8 Å². The van der Waals surface area contributed by atoms with Gasteiger partial charge in [0.05, 0.1) is 18.2 Å². The Labute approximate surface area is 141 Å². The lowest BCUT2D eigenvalue weighted by molar-refractivity contribution is 0.0925. The summed E-state index contributed by atoms with van der Waals surface area (Å²) in [6, 6.07) is 9.01. The Kier molecular flexibility index (Phi) is 6.94. The zero-order valence-electron chi connectivity index (χ0n) is 12.5. The first-order chi connectivity index (χ1) is 10.0. The molecule has 1 atom stereocenters. The number of amides is 1. The molecule has 0 saturated carbocycles. The maximum absolute atomic E-state index is 12.3. The summed E-state index contributed by atoms with van der Waals surface area (Å²) in [5.74, 6) is 0.589. The molecule has 1 amide bonds. The minimum Gasteiger partial charge on any atom is -0.467 e. The highest BCUT2D eigenvalue weighted by atomic mass is 35.5. The van der Waals surface area contributed by atoms with Gasteiger partial charge in [0.15, 0.2) is 0 Å². The van der Waals surface area contributed by atoms with Gasteiger partial charge in [-0.3, -0.25) is 4.79 Å². The van der Waals surface area contributed by atoms with Crippen molar-refractivity contribution >= 4 is 29.9 Å². The van der Waals surface area contributed by atoms with E-state index in [2.05, 4.69) is 5.32 Å². The van der Waals surface area contributed by atoms with E-state index < -0.39 is 0 Å². The molecule has 3 N–H and O–H groups in total. The van der Waals surface area contributed by atoms with E-state index in [1.54, 1.807) is 6.07 Å². The van der Waals surface area contributed by atoms with Crippen LogP contribution < -0.4 is 11.1 Å². The van der Waals surface area contributed by atoms with E-state index in [1.807, 2.05) is 38.1 Å². The van der Waals surface area contributed by atoms with Gasteiger partial charge in [-0.15, -0.1) is 12.4 Å². The summed E-state index contributed by atoms with van der Waals surface area (Å²) in [5, 5.41) is 3.65. The second-order valence-corrected chi connectivity index (χ2v) is 5.63. The molecule has 120 valence electrons. The van der Waals surface area contributed by atoms with Gasteiger partial charge in [-0.2, -0.15) is 0 Å². The number of nitrogens with two attached hydrogens (primary N) is 1. The fourth-order valence-corrected chi connectivity index (χ4v) is 2.42. The van der Waals surface area contributed by atoms with Gasteiger partial charge in [-0.05, 0) is 23.6 Å². The van der Waals surface area contributed by atoms with Crippen LogP contribution in [0, 0.1) is 5.92 Å². The number of halogens is 2. The molecule has 1 heterocycles. The van der Waals surface area contributed by atoms with E-state index in [-0.39, 0.29) is 36.8 Å². The monoisotopic (exact) mass is 342 g/mol. The molecule has 1 aromatic heterocycles. The van der Waals surface area contributed by atoms with Gasteiger partial charge in [-0.1, -0.05) is 43.6 Å². The van der Waals surface area contributed by atoms with Crippen molar-refractivity contribution in [1.82, 2.24) is 5.32 Å². The molecule has 0 saturated heterocycles. The standard InChI is InChI=1S/C16H19ClN2O2.ClH/c1-10(2)15(13-5-3-4-6-14(13)17)19-16(20)11-7-12(8-18)21-9-11;/h3-7,9-10,15H,8,18H2,1-2H3,(H,19,20);1H. The van der Waals surface area contributed by atoms with Crippen molar-refractivity contribution in [2.45, 2.75) is 26.4 Å². The third kappa shape index (κ3) is 4.26. The van der Waals surface area contributed by atoms with Crippen molar-refractivity contribution in [2.75, 3.05) is 0 Å². The lowest BCUT2D eigenvalue weighted by Gasteiger charge is -2.23. The fraction of sp³-hybridized carbons (Fsp3) is 0.312. The predicted molar refractivity (Wildman–Crippen MR) is 90.3 cm³/mol. The maximum Gasteiger partial charge on any atom is 0.255 e. The molecular weight excluding hydrogens is 323 g/mol. The minimum atomic E-state index is -0.197. The van der Waals surface area contributed by atoms with Gasteiger partial charge in [0.25, 0.3) is 5.91 Å². The Hall–Kier alpha value is -1.49. The van der Waals surface area contributed by atoms with Crippen molar-refractivity contribution in [3.8, 4) is 0 Å². The van der Waals surface area contributed by atoms with Crippen LogP contribution in [0.1, 0.15) is 41.6 Å². The highest BCUT2D eigenvalue weighted by molar-refractivity contribution is 6.31.